The third-order valence-corrected chi connectivity index (χ3v) is 4.16. The lowest BCUT2D eigenvalue weighted by Crippen LogP contribution is -2.54. The van der Waals surface area contributed by atoms with Gasteiger partial charge in [-0.2, -0.15) is 0 Å². The molecular formula is C18H19N3O7. The number of fused-ring (bicyclic) bond motifs is 1. The quantitative estimate of drug-likeness (QED) is 0.644. The molecule has 2 aliphatic heterocycles. The Balaban J connectivity index is 1.95. The van der Waals surface area contributed by atoms with Gasteiger partial charge in [0.1, 0.15) is 17.4 Å². The Kier molecular flexibility index (Phi) is 4.58. The van der Waals surface area contributed by atoms with E-state index in [1.54, 1.807) is 20.8 Å². The molecule has 0 aliphatic carbocycles. The Bertz CT molecular complexity index is 916. The van der Waals surface area contributed by atoms with Gasteiger partial charge in [-0.15, -0.1) is 0 Å². The second-order valence-corrected chi connectivity index (χ2v) is 7.49. The molecule has 3 rings (SSSR count). The van der Waals surface area contributed by atoms with Crippen LogP contribution in [0.4, 0.5) is 10.5 Å². The lowest BCUT2D eigenvalue weighted by Gasteiger charge is -2.27. The molecule has 2 heterocycles. The fourth-order valence-electron chi connectivity index (χ4n) is 3.09. The molecule has 2 aliphatic rings. The fraction of sp³-hybridized carbons (Fsp3) is 0.389. The number of aromatic hydroxyl groups is 1. The first-order valence-electron chi connectivity index (χ1n) is 8.56. The molecule has 10 heteroatoms. The standard InChI is InChI=1S/C18H19N3O7/c1-18(2,3)28-17(27)19-10-7-8(22)6-9-13(10)16(26)21(15(9)25)11-4-5-12(23)20-14(11)24/h6-7,11,22H,4-5H2,1-3H3,(H,19,27)(H,20,23,24). The minimum Gasteiger partial charge on any atom is -0.508 e. The van der Waals surface area contributed by atoms with Crippen molar-refractivity contribution in [1.29, 1.82) is 0 Å². The average Bonchev–Trinajstić information content (AvgIpc) is 2.77. The van der Waals surface area contributed by atoms with Gasteiger partial charge in [-0.25, -0.2) is 4.79 Å². The minimum absolute atomic E-state index is 0.00303. The molecule has 5 amide bonds. The Labute approximate surface area is 159 Å². The topological polar surface area (TPSA) is 142 Å². The van der Waals surface area contributed by atoms with Crippen molar-refractivity contribution in [2.75, 3.05) is 5.32 Å². The van der Waals surface area contributed by atoms with Crippen molar-refractivity contribution < 1.29 is 33.8 Å². The van der Waals surface area contributed by atoms with Crippen LogP contribution in [0.15, 0.2) is 12.1 Å². The van der Waals surface area contributed by atoms with Gasteiger partial charge >= 0.3 is 6.09 Å². The highest BCUT2D eigenvalue weighted by molar-refractivity contribution is 6.26. The molecule has 0 bridgehead atoms. The summed E-state index contributed by atoms with van der Waals surface area (Å²) < 4.78 is 5.13. The summed E-state index contributed by atoms with van der Waals surface area (Å²) in [6.45, 7) is 4.95. The van der Waals surface area contributed by atoms with Crippen LogP contribution in [0.25, 0.3) is 0 Å². The number of carbonyl (C=O) groups is 5. The van der Waals surface area contributed by atoms with Crippen LogP contribution in [-0.2, 0) is 14.3 Å². The van der Waals surface area contributed by atoms with E-state index in [1.807, 2.05) is 0 Å². The predicted molar refractivity (Wildman–Crippen MR) is 94.6 cm³/mol. The molecular weight excluding hydrogens is 370 g/mol. The van der Waals surface area contributed by atoms with Crippen LogP contribution >= 0.6 is 0 Å². The highest BCUT2D eigenvalue weighted by Gasteiger charge is 2.46. The first kappa shape index (κ1) is 19.3. The van der Waals surface area contributed by atoms with E-state index in [0.29, 0.717) is 0 Å². The summed E-state index contributed by atoms with van der Waals surface area (Å²) in [6.07, 6.45) is -0.894. The van der Waals surface area contributed by atoms with Crippen LogP contribution in [0, 0.1) is 0 Å². The summed E-state index contributed by atoms with van der Waals surface area (Å²) >= 11 is 0. The van der Waals surface area contributed by atoms with E-state index in [1.165, 1.54) is 0 Å². The smallest absolute Gasteiger partial charge is 0.412 e. The number of benzene rings is 1. The third kappa shape index (κ3) is 3.53. The number of nitrogens with zero attached hydrogens (tertiary/aromatic N) is 1. The number of ether oxygens (including phenoxy) is 1. The maximum atomic E-state index is 12.9. The van der Waals surface area contributed by atoms with Crippen molar-refractivity contribution in [3.05, 3.63) is 23.3 Å². The zero-order chi connectivity index (χ0) is 20.8. The number of phenols is 1. The van der Waals surface area contributed by atoms with Gasteiger partial charge in [-0.05, 0) is 33.3 Å². The molecule has 28 heavy (non-hydrogen) atoms. The Morgan fingerprint density at radius 1 is 1.21 bits per heavy atom. The van der Waals surface area contributed by atoms with E-state index in [0.717, 1.165) is 17.0 Å². The first-order valence-corrected chi connectivity index (χ1v) is 8.56. The van der Waals surface area contributed by atoms with E-state index in [2.05, 4.69) is 10.6 Å². The van der Waals surface area contributed by atoms with Crippen LogP contribution in [0.1, 0.15) is 54.3 Å². The number of hydrogen-bond donors (Lipinski definition) is 3. The molecule has 1 fully saturated rings. The highest BCUT2D eigenvalue weighted by atomic mass is 16.6. The van der Waals surface area contributed by atoms with Crippen LogP contribution in [0.2, 0.25) is 0 Å². The molecule has 1 atom stereocenters. The Morgan fingerprint density at radius 2 is 1.89 bits per heavy atom. The maximum absolute atomic E-state index is 12.9. The predicted octanol–water partition coefficient (Wildman–Crippen LogP) is 1.14. The molecule has 1 saturated heterocycles. The summed E-state index contributed by atoms with van der Waals surface area (Å²) in [4.78, 5) is 61.9. The van der Waals surface area contributed by atoms with Crippen LogP contribution < -0.4 is 10.6 Å². The molecule has 1 aromatic carbocycles. The highest BCUT2D eigenvalue weighted by Crippen LogP contribution is 2.35. The SMILES string of the molecule is CC(C)(C)OC(=O)Nc1cc(O)cc2c1C(=O)N(C1CCC(=O)NC1=O)C2=O. The number of nitrogens with one attached hydrogen (secondary N) is 2. The van der Waals surface area contributed by atoms with Gasteiger partial charge in [0.15, 0.2) is 0 Å². The second kappa shape index (κ2) is 6.63. The zero-order valence-corrected chi connectivity index (χ0v) is 15.5. The summed E-state index contributed by atoms with van der Waals surface area (Å²) in [6, 6.07) is 1.05. The Morgan fingerprint density at radius 3 is 2.50 bits per heavy atom. The summed E-state index contributed by atoms with van der Waals surface area (Å²) in [7, 11) is 0. The van der Waals surface area contributed by atoms with Gasteiger partial charge in [-0.1, -0.05) is 0 Å². The molecule has 0 radical (unpaired) electrons. The molecule has 3 N–H and O–H groups in total. The Hall–Kier alpha value is -3.43. The molecule has 10 nitrogen and oxygen atoms in total. The monoisotopic (exact) mass is 389 g/mol. The van der Waals surface area contributed by atoms with Gasteiger partial charge in [0.2, 0.25) is 11.8 Å². The average molecular weight is 389 g/mol. The van der Waals surface area contributed by atoms with Crippen molar-refractivity contribution in [3.8, 4) is 5.75 Å². The summed E-state index contributed by atoms with van der Waals surface area (Å²) in [5.74, 6) is -3.19. The van der Waals surface area contributed by atoms with Crippen molar-refractivity contribution in [1.82, 2.24) is 10.2 Å². The molecule has 1 aromatic rings. The number of amides is 5. The van der Waals surface area contributed by atoms with Gasteiger partial charge < -0.3 is 9.84 Å². The van der Waals surface area contributed by atoms with Gasteiger partial charge in [0, 0.05) is 12.5 Å². The number of piperidine rings is 1. The van der Waals surface area contributed by atoms with Gasteiger partial charge in [0.25, 0.3) is 11.8 Å². The van der Waals surface area contributed by atoms with Crippen molar-refractivity contribution in [2.45, 2.75) is 45.3 Å². The first-order chi connectivity index (χ1) is 13.0. The molecule has 0 saturated carbocycles. The van der Waals surface area contributed by atoms with E-state index in [4.69, 9.17) is 4.74 Å². The van der Waals surface area contributed by atoms with E-state index in [9.17, 15) is 29.1 Å². The molecule has 0 aromatic heterocycles. The minimum atomic E-state index is -1.15. The van der Waals surface area contributed by atoms with Crippen molar-refractivity contribution >= 4 is 35.4 Å². The van der Waals surface area contributed by atoms with Crippen LogP contribution in [-0.4, -0.2) is 51.4 Å². The van der Waals surface area contributed by atoms with Gasteiger partial charge in [0.05, 0.1) is 16.8 Å². The van der Waals surface area contributed by atoms with Crippen molar-refractivity contribution in [3.63, 3.8) is 0 Å². The molecule has 1 unspecified atom stereocenters. The second-order valence-electron chi connectivity index (χ2n) is 7.49. The fourth-order valence-corrected chi connectivity index (χ4v) is 3.09. The molecule has 148 valence electrons. The number of phenolic OH excluding ortho intramolecular Hbond substituents is 1. The van der Waals surface area contributed by atoms with Crippen LogP contribution in [0.5, 0.6) is 5.75 Å². The number of carbonyl (C=O) groups excluding carboxylic acids is 5. The number of anilines is 1. The number of imide groups is 2. The summed E-state index contributed by atoms with van der Waals surface area (Å²) in [5, 5.41) is 14.4. The normalized spacial score (nSPS) is 19.4. The largest absolute Gasteiger partial charge is 0.508 e. The van der Waals surface area contributed by atoms with Crippen LogP contribution in [0.3, 0.4) is 0 Å². The zero-order valence-electron chi connectivity index (χ0n) is 15.5. The van der Waals surface area contributed by atoms with Crippen molar-refractivity contribution in [2.24, 2.45) is 0 Å². The van der Waals surface area contributed by atoms with E-state index in [-0.39, 0.29) is 35.4 Å². The maximum Gasteiger partial charge on any atom is 0.412 e. The van der Waals surface area contributed by atoms with E-state index >= 15 is 0 Å². The lowest BCUT2D eigenvalue weighted by atomic mass is 10.0. The summed E-state index contributed by atoms with van der Waals surface area (Å²) in [5.41, 5.74) is -1.22. The van der Waals surface area contributed by atoms with E-state index < -0.39 is 41.4 Å². The number of rotatable bonds is 2. The third-order valence-electron chi connectivity index (χ3n) is 4.16. The lowest BCUT2D eigenvalue weighted by molar-refractivity contribution is -0.136. The molecule has 0 spiro atoms. The van der Waals surface area contributed by atoms with Gasteiger partial charge in [-0.3, -0.25) is 34.7 Å². The number of hydrogen-bond acceptors (Lipinski definition) is 7.